The van der Waals surface area contributed by atoms with Crippen molar-refractivity contribution < 1.29 is 14.3 Å². The first-order valence-corrected chi connectivity index (χ1v) is 10.1. The number of carbonyl (C=O) groups excluding carboxylic acids is 2. The Morgan fingerprint density at radius 3 is 2.29 bits per heavy atom. The van der Waals surface area contributed by atoms with Gasteiger partial charge in [0.2, 0.25) is 5.91 Å². The Hall–Kier alpha value is -3.67. The van der Waals surface area contributed by atoms with E-state index in [2.05, 4.69) is 46.3 Å². The van der Waals surface area contributed by atoms with Crippen LogP contribution in [-0.4, -0.2) is 28.8 Å². The van der Waals surface area contributed by atoms with Crippen LogP contribution >= 0.6 is 0 Å². The molecule has 2 aromatic carbocycles. The predicted molar refractivity (Wildman–Crippen MR) is 122 cm³/mol. The number of aromatic nitrogens is 2. The smallest absolute Gasteiger partial charge is 0.309 e. The van der Waals surface area contributed by atoms with Gasteiger partial charge in [-0.15, -0.1) is 0 Å². The number of hydrogen-bond acceptors (Lipinski definition) is 4. The minimum atomic E-state index is -0.298. The van der Waals surface area contributed by atoms with E-state index >= 15 is 0 Å². The Bertz CT molecular complexity index is 1090. The van der Waals surface area contributed by atoms with E-state index in [1.807, 2.05) is 18.5 Å². The van der Waals surface area contributed by atoms with E-state index in [0.29, 0.717) is 12.2 Å². The van der Waals surface area contributed by atoms with Gasteiger partial charge in [0.05, 0.1) is 25.8 Å². The first kappa shape index (κ1) is 22.0. The Kier molecular flexibility index (Phi) is 7.03. The molecule has 6 heteroatoms. The van der Waals surface area contributed by atoms with E-state index in [-0.39, 0.29) is 18.3 Å². The number of hydrogen-bond donors (Lipinski definition) is 1. The van der Waals surface area contributed by atoms with Gasteiger partial charge in [-0.05, 0) is 50.1 Å². The monoisotopic (exact) mass is 417 g/mol. The van der Waals surface area contributed by atoms with Crippen molar-refractivity contribution in [1.29, 1.82) is 0 Å². The third kappa shape index (κ3) is 5.92. The van der Waals surface area contributed by atoms with Crippen LogP contribution in [-0.2, 0) is 27.3 Å². The van der Waals surface area contributed by atoms with Crippen LogP contribution in [0.4, 0.5) is 5.69 Å². The number of rotatable bonds is 7. The van der Waals surface area contributed by atoms with Crippen LogP contribution in [0.3, 0.4) is 0 Å². The molecule has 1 heterocycles. The topological polar surface area (TPSA) is 73.2 Å². The fourth-order valence-electron chi connectivity index (χ4n) is 3.26. The van der Waals surface area contributed by atoms with Crippen LogP contribution in [0.2, 0.25) is 0 Å². The normalized spacial score (nSPS) is 11.0. The van der Waals surface area contributed by atoms with E-state index < -0.39 is 0 Å². The first-order chi connectivity index (χ1) is 14.9. The molecule has 0 atom stereocenters. The van der Waals surface area contributed by atoms with Gasteiger partial charge in [0.1, 0.15) is 0 Å². The minimum Gasteiger partial charge on any atom is -0.469 e. The highest BCUT2D eigenvalue weighted by Gasteiger charge is 2.10. The summed E-state index contributed by atoms with van der Waals surface area (Å²) in [6.45, 7) is 6.70. The SMILES string of the molecule is COC(=O)Cc1ccc(NC(=O)/C=C\c2c(C)nn(Cc3ccc(C)cc3)c2C)cc1. The summed E-state index contributed by atoms with van der Waals surface area (Å²) in [5.41, 5.74) is 6.72. The number of nitrogens with one attached hydrogen (secondary N) is 1. The number of amides is 1. The van der Waals surface area contributed by atoms with Crippen molar-refractivity contribution >= 4 is 23.6 Å². The van der Waals surface area contributed by atoms with Crippen molar-refractivity contribution in [2.24, 2.45) is 0 Å². The van der Waals surface area contributed by atoms with Gasteiger partial charge in [-0.25, -0.2) is 0 Å². The molecule has 0 aliphatic rings. The van der Waals surface area contributed by atoms with Gasteiger partial charge < -0.3 is 10.1 Å². The fraction of sp³-hybridized carbons (Fsp3) is 0.240. The predicted octanol–water partition coefficient (Wildman–Crippen LogP) is 4.22. The van der Waals surface area contributed by atoms with Gasteiger partial charge in [-0.1, -0.05) is 42.0 Å². The Morgan fingerprint density at radius 2 is 1.65 bits per heavy atom. The molecule has 0 saturated heterocycles. The van der Waals surface area contributed by atoms with E-state index in [4.69, 9.17) is 0 Å². The third-order valence-corrected chi connectivity index (χ3v) is 5.09. The van der Waals surface area contributed by atoms with E-state index in [0.717, 1.165) is 22.5 Å². The van der Waals surface area contributed by atoms with Crippen LogP contribution in [0.25, 0.3) is 6.08 Å². The fourth-order valence-corrected chi connectivity index (χ4v) is 3.26. The molecule has 0 saturated carbocycles. The highest BCUT2D eigenvalue weighted by molar-refractivity contribution is 6.02. The standard InChI is InChI=1S/C25H27N3O3/c1-17-5-7-21(8-6-17)16-28-19(3)23(18(2)27-28)13-14-24(29)26-22-11-9-20(10-12-22)15-25(30)31-4/h5-14H,15-16H2,1-4H3,(H,26,29)/b14-13-. The van der Waals surface area contributed by atoms with Crippen LogP contribution in [0.15, 0.2) is 54.6 Å². The molecule has 31 heavy (non-hydrogen) atoms. The number of methoxy groups -OCH3 is 1. The van der Waals surface area contributed by atoms with Gasteiger partial charge >= 0.3 is 5.97 Å². The first-order valence-electron chi connectivity index (χ1n) is 10.1. The highest BCUT2D eigenvalue weighted by Crippen LogP contribution is 2.17. The summed E-state index contributed by atoms with van der Waals surface area (Å²) in [4.78, 5) is 23.7. The number of carbonyl (C=O) groups is 2. The molecule has 0 radical (unpaired) electrons. The lowest BCUT2D eigenvalue weighted by molar-refractivity contribution is -0.139. The summed E-state index contributed by atoms with van der Waals surface area (Å²) in [5, 5.41) is 7.45. The minimum absolute atomic E-state index is 0.204. The number of nitrogens with zero attached hydrogens (tertiary/aromatic N) is 2. The van der Waals surface area contributed by atoms with Gasteiger partial charge in [0.25, 0.3) is 0 Å². The summed E-state index contributed by atoms with van der Waals surface area (Å²) >= 11 is 0. The summed E-state index contributed by atoms with van der Waals surface area (Å²) < 4.78 is 6.61. The van der Waals surface area contributed by atoms with Crippen LogP contribution in [0.5, 0.6) is 0 Å². The zero-order valence-corrected chi connectivity index (χ0v) is 18.3. The summed E-state index contributed by atoms with van der Waals surface area (Å²) in [6.07, 6.45) is 3.51. The lowest BCUT2D eigenvalue weighted by Crippen LogP contribution is -2.08. The van der Waals surface area contributed by atoms with Crippen molar-refractivity contribution in [3.63, 3.8) is 0 Å². The molecule has 0 spiro atoms. The van der Waals surface area contributed by atoms with Crippen LogP contribution < -0.4 is 5.32 Å². The number of benzene rings is 2. The molecule has 160 valence electrons. The Morgan fingerprint density at radius 1 is 1.00 bits per heavy atom. The van der Waals surface area contributed by atoms with E-state index in [1.54, 1.807) is 30.3 Å². The number of anilines is 1. The molecule has 0 fully saturated rings. The van der Waals surface area contributed by atoms with E-state index in [1.165, 1.54) is 24.3 Å². The summed E-state index contributed by atoms with van der Waals surface area (Å²) in [7, 11) is 1.36. The summed E-state index contributed by atoms with van der Waals surface area (Å²) in [5.74, 6) is -0.529. The summed E-state index contributed by atoms with van der Waals surface area (Å²) in [6, 6.07) is 15.5. The van der Waals surface area contributed by atoms with Crippen molar-refractivity contribution in [2.45, 2.75) is 33.7 Å². The second-order valence-electron chi connectivity index (χ2n) is 7.50. The number of ether oxygens (including phenoxy) is 1. The average molecular weight is 418 g/mol. The average Bonchev–Trinajstić information content (AvgIpc) is 3.02. The van der Waals surface area contributed by atoms with Crippen LogP contribution in [0.1, 0.15) is 33.6 Å². The molecule has 1 aromatic heterocycles. The zero-order valence-electron chi connectivity index (χ0n) is 18.3. The van der Waals surface area contributed by atoms with Crippen molar-refractivity contribution in [1.82, 2.24) is 9.78 Å². The molecule has 0 unspecified atom stereocenters. The van der Waals surface area contributed by atoms with Gasteiger partial charge in [-0.2, -0.15) is 5.10 Å². The van der Waals surface area contributed by atoms with Crippen LogP contribution in [0, 0.1) is 20.8 Å². The van der Waals surface area contributed by atoms with Gasteiger partial charge in [0, 0.05) is 23.0 Å². The molecule has 1 N–H and O–H groups in total. The second-order valence-corrected chi connectivity index (χ2v) is 7.50. The molecule has 3 rings (SSSR count). The van der Waals surface area contributed by atoms with Crippen molar-refractivity contribution in [3.05, 3.63) is 88.2 Å². The Labute approximate surface area is 182 Å². The lowest BCUT2D eigenvalue weighted by atomic mass is 10.1. The molecule has 0 aliphatic carbocycles. The molecule has 6 nitrogen and oxygen atoms in total. The number of aryl methyl sites for hydroxylation is 2. The maximum atomic E-state index is 12.3. The Balaban J connectivity index is 1.64. The molecular weight excluding hydrogens is 390 g/mol. The molecule has 0 bridgehead atoms. The zero-order chi connectivity index (χ0) is 22.4. The maximum absolute atomic E-state index is 12.3. The quantitative estimate of drug-likeness (QED) is 0.461. The highest BCUT2D eigenvalue weighted by atomic mass is 16.5. The van der Waals surface area contributed by atoms with Gasteiger partial charge in [-0.3, -0.25) is 14.3 Å². The third-order valence-electron chi connectivity index (χ3n) is 5.09. The molecular formula is C25H27N3O3. The lowest BCUT2D eigenvalue weighted by Gasteiger charge is -2.06. The van der Waals surface area contributed by atoms with E-state index in [9.17, 15) is 9.59 Å². The second kappa shape index (κ2) is 9.89. The van der Waals surface area contributed by atoms with Crippen molar-refractivity contribution in [3.8, 4) is 0 Å². The molecule has 1 amide bonds. The molecule has 3 aromatic rings. The molecule has 0 aliphatic heterocycles. The largest absolute Gasteiger partial charge is 0.469 e. The van der Waals surface area contributed by atoms with Gasteiger partial charge in [0.15, 0.2) is 0 Å². The maximum Gasteiger partial charge on any atom is 0.309 e. The van der Waals surface area contributed by atoms with Crippen molar-refractivity contribution in [2.75, 3.05) is 12.4 Å². The number of esters is 1.